The van der Waals surface area contributed by atoms with Crippen molar-refractivity contribution in [2.24, 2.45) is 5.92 Å². The molecule has 9 heteroatoms. The Bertz CT molecular complexity index is 1150. The molecular weight excluding hydrogens is 485 g/mol. The number of carbonyl (C=O) groups is 2. The molecule has 4 rings (SSSR count). The van der Waals surface area contributed by atoms with Gasteiger partial charge in [-0.15, -0.1) is 0 Å². The number of halogens is 3. The van der Waals surface area contributed by atoms with Crippen LogP contribution in [0.15, 0.2) is 66.7 Å². The van der Waals surface area contributed by atoms with E-state index in [2.05, 4.69) is 10.9 Å². The molecule has 0 aliphatic carbocycles. The van der Waals surface area contributed by atoms with Crippen LogP contribution < -0.4 is 20.5 Å². The number of ether oxygens (including phenoxy) is 1. The highest BCUT2D eigenvalue weighted by Gasteiger charge is 2.35. The third-order valence-corrected chi connectivity index (χ3v) is 6.07. The van der Waals surface area contributed by atoms with Crippen molar-refractivity contribution in [1.29, 1.82) is 0 Å². The van der Waals surface area contributed by atoms with Gasteiger partial charge in [0.1, 0.15) is 12.4 Å². The maximum atomic E-state index is 12.6. The fourth-order valence-corrected chi connectivity index (χ4v) is 4.01. The number of nitrogens with one attached hydrogen (secondary N) is 2. The Kier molecular flexibility index (Phi) is 7.28. The van der Waals surface area contributed by atoms with Crippen LogP contribution in [0.4, 0.5) is 11.4 Å². The molecule has 0 bridgehead atoms. The fraction of sp³-hybridized carbons (Fsp3) is 0.167. The third-order valence-electron chi connectivity index (χ3n) is 5.23. The van der Waals surface area contributed by atoms with Gasteiger partial charge in [0.15, 0.2) is 0 Å². The second-order valence-corrected chi connectivity index (χ2v) is 8.82. The summed E-state index contributed by atoms with van der Waals surface area (Å²) in [6, 6.07) is 19.3. The van der Waals surface area contributed by atoms with Crippen molar-refractivity contribution >= 4 is 58.0 Å². The van der Waals surface area contributed by atoms with Crippen LogP contribution in [0.3, 0.4) is 0 Å². The quantitative estimate of drug-likeness (QED) is 0.404. The van der Waals surface area contributed by atoms with E-state index in [1.165, 1.54) is 0 Å². The number of amides is 2. The van der Waals surface area contributed by atoms with Gasteiger partial charge in [0, 0.05) is 39.3 Å². The van der Waals surface area contributed by atoms with Crippen molar-refractivity contribution in [2.45, 2.75) is 13.0 Å². The van der Waals surface area contributed by atoms with Crippen molar-refractivity contribution in [3.63, 3.8) is 0 Å². The predicted molar refractivity (Wildman–Crippen MR) is 131 cm³/mol. The second-order valence-electron chi connectivity index (χ2n) is 7.54. The van der Waals surface area contributed by atoms with Crippen molar-refractivity contribution in [2.75, 3.05) is 16.9 Å². The second kappa shape index (κ2) is 10.3. The molecule has 2 N–H and O–H groups in total. The van der Waals surface area contributed by atoms with Crippen LogP contribution in [-0.2, 0) is 16.2 Å². The highest BCUT2D eigenvalue weighted by molar-refractivity contribution is 6.35. The van der Waals surface area contributed by atoms with E-state index in [1.54, 1.807) is 65.6 Å². The molecule has 0 spiro atoms. The molecule has 1 aliphatic heterocycles. The molecular formula is C24H20Cl3N3O3. The predicted octanol–water partition coefficient (Wildman–Crippen LogP) is 5.72. The minimum Gasteiger partial charge on any atom is -0.489 e. The molecule has 1 fully saturated rings. The number of hydrogen-bond acceptors (Lipinski definition) is 4. The normalized spacial score (nSPS) is 15.4. The van der Waals surface area contributed by atoms with Crippen LogP contribution >= 0.6 is 34.8 Å². The third kappa shape index (κ3) is 5.90. The zero-order chi connectivity index (χ0) is 23.4. The fourth-order valence-electron chi connectivity index (χ4n) is 3.42. The van der Waals surface area contributed by atoms with E-state index in [9.17, 15) is 9.59 Å². The molecule has 0 radical (unpaired) electrons. The summed E-state index contributed by atoms with van der Waals surface area (Å²) >= 11 is 18.0. The van der Waals surface area contributed by atoms with Crippen LogP contribution in [0.2, 0.25) is 15.1 Å². The highest BCUT2D eigenvalue weighted by atomic mass is 35.5. The Labute approximate surface area is 206 Å². The summed E-state index contributed by atoms with van der Waals surface area (Å²) in [4.78, 5) is 26.5. The minimum atomic E-state index is -0.451. The molecule has 3 aromatic carbocycles. The molecule has 33 heavy (non-hydrogen) atoms. The first kappa shape index (κ1) is 23.2. The zero-order valence-electron chi connectivity index (χ0n) is 17.4. The number of carbonyl (C=O) groups excluding carboxylic acids is 2. The van der Waals surface area contributed by atoms with Crippen molar-refractivity contribution in [3.8, 4) is 5.75 Å². The lowest BCUT2D eigenvalue weighted by atomic mass is 10.1. The van der Waals surface area contributed by atoms with Crippen LogP contribution in [-0.4, -0.2) is 18.4 Å². The molecule has 1 saturated heterocycles. The van der Waals surface area contributed by atoms with Gasteiger partial charge < -0.3 is 9.64 Å². The summed E-state index contributed by atoms with van der Waals surface area (Å²) in [5, 5.41) is 1.71. The van der Waals surface area contributed by atoms with Gasteiger partial charge in [0.25, 0.3) is 0 Å². The summed E-state index contributed by atoms with van der Waals surface area (Å²) in [6.07, 6.45) is 0.149. The Morgan fingerprint density at radius 2 is 1.67 bits per heavy atom. The van der Waals surface area contributed by atoms with Crippen LogP contribution in [0.1, 0.15) is 12.0 Å². The number of hydrogen-bond donors (Lipinski definition) is 2. The summed E-state index contributed by atoms with van der Waals surface area (Å²) in [5.41, 5.74) is 7.78. The topological polar surface area (TPSA) is 70.7 Å². The highest BCUT2D eigenvalue weighted by Crippen LogP contribution is 2.27. The minimum absolute atomic E-state index is 0.0974. The molecule has 3 aromatic rings. The molecule has 0 aromatic heterocycles. The lowest BCUT2D eigenvalue weighted by Gasteiger charge is -2.17. The number of hydrazine groups is 1. The maximum absolute atomic E-state index is 12.6. The van der Waals surface area contributed by atoms with Gasteiger partial charge >= 0.3 is 0 Å². The first-order chi connectivity index (χ1) is 15.9. The first-order valence-electron chi connectivity index (χ1n) is 10.2. The van der Waals surface area contributed by atoms with Gasteiger partial charge in [0.2, 0.25) is 11.8 Å². The van der Waals surface area contributed by atoms with Crippen LogP contribution in [0.25, 0.3) is 0 Å². The van der Waals surface area contributed by atoms with Crippen LogP contribution in [0.5, 0.6) is 5.75 Å². The molecule has 0 unspecified atom stereocenters. The lowest BCUT2D eigenvalue weighted by Crippen LogP contribution is -2.36. The summed E-state index contributed by atoms with van der Waals surface area (Å²) < 4.78 is 5.75. The summed E-state index contributed by atoms with van der Waals surface area (Å²) in [6.45, 7) is 0.618. The van der Waals surface area contributed by atoms with Gasteiger partial charge in [-0.1, -0.05) is 40.9 Å². The van der Waals surface area contributed by atoms with E-state index in [0.29, 0.717) is 39.7 Å². The molecule has 1 heterocycles. The maximum Gasteiger partial charge on any atom is 0.243 e. The van der Waals surface area contributed by atoms with Gasteiger partial charge in [-0.2, -0.15) is 0 Å². The van der Waals surface area contributed by atoms with Gasteiger partial charge in [-0.3, -0.25) is 20.4 Å². The number of nitrogens with zero attached hydrogens (tertiary/aromatic N) is 1. The van der Waals surface area contributed by atoms with E-state index in [0.717, 1.165) is 11.3 Å². The van der Waals surface area contributed by atoms with Crippen molar-refractivity contribution in [3.05, 3.63) is 87.4 Å². The van der Waals surface area contributed by atoms with Gasteiger partial charge in [-0.05, 0) is 60.7 Å². The van der Waals surface area contributed by atoms with E-state index in [-0.39, 0.29) is 18.2 Å². The molecule has 2 amide bonds. The average molecular weight is 505 g/mol. The Morgan fingerprint density at radius 1 is 0.970 bits per heavy atom. The van der Waals surface area contributed by atoms with Crippen molar-refractivity contribution in [1.82, 2.24) is 5.43 Å². The molecule has 6 nitrogen and oxygen atoms in total. The van der Waals surface area contributed by atoms with Crippen LogP contribution in [0, 0.1) is 5.92 Å². The van der Waals surface area contributed by atoms with E-state index in [1.807, 2.05) is 6.07 Å². The number of rotatable bonds is 7. The average Bonchev–Trinajstić information content (AvgIpc) is 3.20. The Balaban J connectivity index is 1.27. The van der Waals surface area contributed by atoms with E-state index < -0.39 is 5.92 Å². The summed E-state index contributed by atoms with van der Waals surface area (Å²) in [5.74, 6) is -0.150. The zero-order valence-corrected chi connectivity index (χ0v) is 19.6. The largest absolute Gasteiger partial charge is 0.489 e. The smallest absolute Gasteiger partial charge is 0.243 e. The SMILES string of the molecule is O=C(NNc1ccc(OCc2ccc(Cl)cc2Cl)cc1)[C@@H]1CC(=O)N(c2ccc(Cl)cc2)C1. The van der Waals surface area contributed by atoms with Gasteiger partial charge in [-0.25, -0.2) is 0 Å². The molecule has 170 valence electrons. The lowest BCUT2D eigenvalue weighted by molar-refractivity contribution is -0.125. The molecule has 1 atom stereocenters. The van der Waals surface area contributed by atoms with Crippen molar-refractivity contribution < 1.29 is 14.3 Å². The Hall–Kier alpha value is -2.93. The standard InChI is InChI=1S/C24H20Cl3N3O3/c25-17-3-7-20(8-4-17)30-13-16(11-23(30)31)24(32)29-28-19-5-9-21(10-6-19)33-14-15-1-2-18(26)12-22(15)27/h1-10,12,16,28H,11,13-14H2,(H,29,32)/t16-/m1/s1. The molecule has 1 aliphatic rings. The number of anilines is 2. The van der Waals surface area contributed by atoms with E-state index in [4.69, 9.17) is 39.5 Å². The van der Waals surface area contributed by atoms with Gasteiger partial charge in [0.05, 0.1) is 11.6 Å². The number of benzene rings is 3. The Morgan fingerprint density at radius 3 is 2.36 bits per heavy atom. The van der Waals surface area contributed by atoms with E-state index >= 15 is 0 Å². The first-order valence-corrected chi connectivity index (χ1v) is 11.3. The monoisotopic (exact) mass is 503 g/mol. The molecule has 0 saturated carbocycles. The summed E-state index contributed by atoms with van der Waals surface area (Å²) in [7, 11) is 0.